The molecular weight excluding hydrogens is 536 g/mol. The number of alkyl halides is 1. The number of esters is 1. The number of hydrogen-bond donors (Lipinski definition) is 3. The SMILES string of the molecule is CC(C)OC(=O)C(C)N[P@@](=O)(OC[C@H]1O[C@@H](n2ccc(=O)[nH]c2=O)[C@](C)(F)[C@@H]1O)Oc1ccc(Cl)cc1. The maximum Gasteiger partial charge on any atom is 0.459 e. The van der Waals surface area contributed by atoms with Gasteiger partial charge in [0.15, 0.2) is 11.9 Å². The Kier molecular flexibility index (Phi) is 8.99. The number of H-pyrrole nitrogens is 1. The van der Waals surface area contributed by atoms with Gasteiger partial charge in [0, 0.05) is 17.3 Å². The molecule has 1 unspecified atom stereocenters. The Bertz CT molecular complexity index is 1270. The summed E-state index contributed by atoms with van der Waals surface area (Å²) in [6, 6.07) is 5.62. The van der Waals surface area contributed by atoms with E-state index >= 15 is 4.39 Å². The molecule has 0 spiro atoms. The van der Waals surface area contributed by atoms with E-state index in [4.69, 9.17) is 30.1 Å². The lowest BCUT2D eigenvalue weighted by atomic mass is 9.98. The summed E-state index contributed by atoms with van der Waals surface area (Å²) in [5, 5.41) is 13.4. The van der Waals surface area contributed by atoms with E-state index in [0.29, 0.717) is 5.02 Å². The normalized spacial score (nSPS) is 26.0. The monoisotopic (exact) mass is 563 g/mol. The van der Waals surface area contributed by atoms with E-state index in [1.807, 2.05) is 4.98 Å². The zero-order chi connectivity index (χ0) is 27.5. The molecule has 15 heteroatoms. The zero-order valence-corrected chi connectivity index (χ0v) is 22.1. The van der Waals surface area contributed by atoms with Gasteiger partial charge in [-0.3, -0.25) is 23.7 Å². The summed E-state index contributed by atoms with van der Waals surface area (Å²) in [7, 11) is -4.36. The minimum absolute atomic E-state index is 0.0746. The highest BCUT2D eigenvalue weighted by molar-refractivity contribution is 7.52. The Morgan fingerprint density at radius 2 is 1.95 bits per heavy atom. The van der Waals surface area contributed by atoms with Crippen molar-refractivity contribution < 1.29 is 37.4 Å². The highest BCUT2D eigenvalue weighted by atomic mass is 35.5. The van der Waals surface area contributed by atoms with Crippen LogP contribution in [0.5, 0.6) is 5.75 Å². The van der Waals surface area contributed by atoms with Crippen molar-refractivity contribution in [3.8, 4) is 5.75 Å². The standard InChI is InChI=1S/C22H28ClFN3O9P/c1-12(2)34-19(30)13(3)26-37(32,36-15-7-5-14(23)6-8-15)33-11-16-18(29)22(4,24)20(35-16)27-10-9-17(28)25-21(27)31/h5-10,12-13,16,18,20,29H,11H2,1-4H3,(H,26,32)(H,25,28,31)/t13?,16-,18-,20-,22-,37-/m1/s1. The van der Waals surface area contributed by atoms with Crippen LogP contribution in [0.2, 0.25) is 5.02 Å². The molecule has 37 heavy (non-hydrogen) atoms. The van der Waals surface area contributed by atoms with Crippen LogP contribution in [0, 0.1) is 0 Å². The molecule has 2 aromatic rings. The molecule has 1 saturated heterocycles. The van der Waals surface area contributed by atoms with E-state index in [1.54, 1.807) is 13.8 Å². The highest BCUT2D eigenvalue weighted by Crippen LogP contribution is 2.47. The number of aliphatic hydroxyl groups is 1. The van der Waals surface area contributed by atoms with Crippen LogP contribution in [0.15, 0.2) is 46.1 Å². The molecule has 0 saturated carbocycles. The molecule has 6 atom stereocenters. The third kappa shape index (κ3) is 7.07. The minimum Gasteiger partial charge on any atom is -0.462 e. The molecule has 12 nitrogen and oxygen atoms in total. The van der Waals surface area contributed by atoms with Crippen LogP contribution < -0.4 is 20.9 Å². The van der Waals surface area contributed by atoms with Gasteiger partial charge in [-0.1, -0.05) is 11.6 Å². The Labute approximate surface area is 216 Å². The smallest absolute Gasteiger partial charge is 0.459 e. The summed E-state index contributed by atoms with van der Waals surface area (Å²) in [4.78, 5) is 37.8. The van der Waals surface area contributed by atoms with E-state index in [-0.39, 0.29) is 5.75 Å². The van der Waals surface area contributed by atoms with Crippen molar-refractivity contribution in [1.29, 1.82) is 0 Å². The van der Waals surface area contributed by atoms with Gasteiger partial charge in [0.05, 0.1) is 12.7 Å². The molecule has 3 N–H and O–H groups in total. The fourth-order valence-electron chi connectivity index (χ4n) is 3.48. The summed E-state index contributed by atoms with van der Waals surface area (Å²) in [6.07, 6.45) is -4.29. The number of rotatable bonds is 10. The number of ether oxygens (including phenoxy) is 2. The van der Waals surface area contributed by atoms with Crippen molar-refractivity contribution in [2.45, 2.75) is 63.9 Å². The first-order valence-electron chi connectivity index (χ1n) is 11.2. The van der Waals surface area contributed by atoms with Gasteiger partial charge in [0.25, 0.3) is 5.56 Å². The molecule has 0 bridgehead atoms. The lowest BCUT2D eigenvalue weighted by molar-refractivity contribution is -0.149. The highest BCUT2D eigenvalue weighted by Gasteiger charge is 2.55. The number of nitrogens with one attached hydrogen (secondary N) is 2. The molecule has 0 aliphatic carbocycles. The number of aromatic nitrogens is 2. The summed E-state index contributed by atoms with van der Waals surface area (Å²) in [5.74, 6) is -0.657. The van der Waals surface area contributed by atoms with Gasteiger partial charge in [0.1, 0.15) is 24.0 Å². The maximum atomic E-state index is 15.5. The number of carbonyl (C=O) groups excluding carboxylic acids is 1. The maximum absolute atomic E-state index is 15.5. The third-order valence-electron chi connectivity index (χ3n) is 5.33. The number of nitrogens with zero attached hydrogens (tertiary/aromatic N) is 1. The first-order chi connectivity index (χ1) is 17.2. The van der Waals surface area contributed by atoms with Crippen molar-refractivity contribution in [3.05, 3.63) is 62.4 Å². The van der Waals surface area contributed by atoms with E-state index in [1.165, 1.54) is 31.2 Å². The average molecular weight is 564 g/mol. The van der Waals surface area contributed by atoms with Crippen molar-refractivity contribution in [2.24, 2.45) is 0 Å². The Balaban J connectivity index is 1.81. The fraction of sp³-hybridized carbons (Fsp3) is 0.500. The summed E-state index contributed by atoms with van der Waals surface area (Å²) in [6.45, 7) is 5.00. The van der Waals surface area contributed by atoms with Crippen LogP contribution >= 0.6 is 19.3 Å². The predicted octanol–water partition coefficient (Wildman–Crippen LogP) is 2.31. The van der Waals surface area contributed by atoms with Crippen molar-refractivity contribution in [1.82, 2.24) is 14.6 Å². The molecule has 1 aromatic heterocycles. The van der Waals surface area contributed by atoms with Crippen LogP contribution in [0.1, 0.15) is 33.9 Å². The van der Waals surface area contributed by atoms with Crippen LogP contribution in [0.4, 0.5) is 4.39 Å². The Morgan fingerprint density at radius 3 is 2.54 bits per heavy atom. The molecule has 1 aromatic carbocycles. The molecule has 204 valence electrons. The fourth-order valence-corrected chi connectivity index (χ4v) is 5.11. The second-order valence-corrected chi connectivity index (χ2v) is 10.9. The molecule has 2 heterocycles. The van der Waals surface area contributed by atoms with Crippen LogP contribution in [-0.2, 0) is 23.4 Å². The van der Waals surface area contributed by atoms with Gasteiger partial charge in [-0.05, 0) is 52.0 Å². The van der Waals surface area contributed by atoms with E-state index in [2.05, 4.69) is 5.09 Å². The second-order valence-electron chi connectivity index (χ2n) is 8.82. The summed E-state index contributed by atoms with van der Waals surface area (Å²) < 4.78 is 51.4. The lowest BCUT2D eigenvalue weighted by Gasteiger charge is -2.25. The Hall–Kier alpha value is -2.54. The number of halogens is 2. The summed E-state index contributed by atoms with van der Waals surface area (Å²) >= 11 is 5.87. The third-order valence-corrected chi connectivity index (χ3v) is 7.22. The molecular formula is C22H28ClFN3O9P. The first-order valence-corrected chi connectivity index (χ1v) is 13.2. The first kappa shape index (κ1) is 29.0. The molecule has 0 radical (unpaired) electrons. The van der Waals surface area contributed by atoms with Crippen molar-refractivity contribution in [3.63, 3.8) is 0 Å². The number of aromatic amines is 1. The second kappa shape index (κ2) is 11.5. The number of hydrogen-bond acceptors (Lipinski definition) is 9. The van der Waals surface area contributed by atoms with Gasteiger partial charge in [-0.2, -0.15) is 5.09 Å². The lowest BCUT2D eigenvalue weighted by Crippen LogP contribution is -2.43. The molecule has 1 aliphatic heterocycles. The Morgan fingerprint density at radius 1 is 1.30 bits per heavy atom. The number of carbonyl (C=O) groups is 1. The topological polar surface area (TPSA) is 158 Å². The van der Waals surface area contributed by atoms with Gasteiger partial charge >= 0.3 is 19.4 Å². The van der Waals surface area contributed by atoms with Gasteiger partial charge in [-0.25, -0.2) is 13.8 Å². The van der Waals surface area contributed by atoms with Crippen molar-refractivity contribution in [2.75, 3.05) is 6.61 Å². The largest absolute Gasteiger partial charge is 0.462 e. The zero-order valence-electron chi connectivity index (χ0n) is 20.4. The van der Waals surface area contributed by atoms with Crippen LogP contribution in [0.3, 0.4) is 0 Å². The predicted molar refractivity (Wildman–Crippen MR) is 130 cm³/mol. The minimum atomic E-state index is -4.36. The van der Waals surface area contributed by atoms with Crippen molar-refractivity contribution >= 4 is 25.3 Å². The van der Waals surface area contributed by atoms with Gasteiger partial charge < -0.3 is 19.1 Å². The van der Waals surface area contributed by atoms with E-state index in [9.17, 15) is 24.1 Å². The molecule has 0 amide bonds. The molecule has 1 fully saturated rings. The summed E-state index contributed by atoms with van der Waals surface area (Å²) in [5.41, 5.74) is -4.15. The quantitative estimate of drug-likeness (QED) is 0.289. The number of aliphatic hydroxyl groups excluding tert-OH is 1. The number of benzene rings is 1. The van der Waals surface area contributed by atoms with E-state index in [0.717, 1.165) is 23.8 Å². The van der Waals surface area contributed by atoms with E-state index < -0.39 is 67.8 Å². The van der Waals surface area contributed by atoms with Crippen LogP contribution in [0.25, 0.3) is 0 Å². The average Bonchev–Trinajstić information content (AvgIpc) is 3.02. The van der Waals surface area contributed by atoms with Gasteiger partial charge in [0.2, 0.25) is 0 Å². The molecule has 1 aliphatic rings. The van der Waals surface area contributed by atoms with Crippen LogP contribution in [-0.4, -0.2) is 57.3 Å². The molecule has 3 rings (SSSR count). The van der Waals surface area contributed by atoms with Gasteiger partial charge in [-0.15, -0.1) is 0 Å².